The van der Waals surface area contributed by atoms with Crippen LogP contribution in [0.3, 0.4) is 0 Å². The highest BCUT2D eigenvalue weighted by atomic mass is 32.2. The maximum Gasteiger partial charge on any atom is 0.222 e. The van der Waals surface area contributed by atoms with Crippen molar-refractivity contribution in [1.29, 1.82) is 0 Å². The molecule has 90 valence electrons. The van der Waals surface area contributed by atoms with Crippen molar-refractivity contribution in [3.05, 3.63) is 0 Å². The highest BCUT2D eigenvalue weighted by molar-refractivity contribution is 7.98. The minimum Gasteiger partial charge on any atom is -0.387 e. The Balaban J connectivity index is 3.88. The summed E-state index contributed by atoms with van der Waals surface area (Å²) in [7, 11) is 0. The summed E-state index contributed by atoms with van der Waals surface area (Å²) < 4.78 is 0. The zero-order valence-corrected chi connectivity index (χ0v) is 10.6. The van der Waals surface area contributed by atoms with Crippen LogP contribution in [0.25, 0.3) is 0 Å². The Morgan fingerprint density at radius 1 is 1.67 bits per heavy atom. The molecule has 4 nitrogen and oxygen atoms in total. The number of amides is 1. The second-order valence-corrected chi connectivity index (χ2v) is 4.99. The van der Waals surface area contributed by atoms with Gasteiger partial charge in [0.05, 0.1) is 5.60 Å². The van der Waals surface area contributed by atoms with Gasteiger partial charge in [-0.3, -0.25) is 4.79 Å². The molecule has 0 aliphatic rings. The Morgan fingerprint density at radius 3 is 2.73 bits per heavy atom. The third kappa shape index (κ3) is 6.76. The SMILES string of the molecule is CSCC(C)(O)CNC(=O)C(C)CCN. The Hall–Kier alpha value is -0.260. The van der Waals surface area contributed by atoms with E-state index in [9.17, 15) is 9.90 Å². The average Bonchev–Trinajstić information content (AvgIpc) is 2.14. The summed E-state index contributed by atoms with van der Waals surface area (Å²) in [6.45, 7) is 4.36. The number of rotatable bonds is 7. The van der Waals surface area contributed by atoms with Gasteiger partial charge >= 0.3 is 0 Å². The summed E-state index contributed by atoms with van der Waals surface area (Å²) in [4.78, 5) is 11.5. The lowest BCUT2D eigenvalue weighted by molar-refractivity contribution is -0.125. The average molecular weight is 234 g/mol. The van der Waals surface area contributed by atoms with E-state index in [4.69, 9.17) is 5.73 Å². The molecule has 0 bridgehead atoms. The number of carbonyl (C=O) groups is 1. The predicted molar refractivity (Wildman–Crippen MR) is 64.9 cm³/mol. The molecule has 0 aliphatic carbocycles. The van der Waals surface area contributed by atoms with Crippen LogP contribution in [-0.2, 0) is 4.79 Å². The van der Waals surface area contributed by atoms with Gasteiger partial charge in [0.2, 0.25) is 5.91 Å². The van der Waals surface area contributed by atoms with E-state index in [1.54, 1.807) is 18.7 Å². The fraction of sp³-hybridized carbons (Fsp3) is 0.900. The molecule has 0 aliphatic heterocycles. The lowest BCUT2D eigenvalue weighted by atomic mass is 10.1. The van der Waals surface area contributed by atoms with E-state index >= 15 is 0 Å². The van der Waals surface area contributed by atoms with Gasteiger partial charge in [0.15, 0.2) is 0 Å². The molecule has 0 fully saturated rings. The molecule has 0 radical (unpaired) electrons. The molecule has 0 spiro atoms. The molecule has 0 aromatic heterocycles. The highest BCUT2D eigenvalue weighted by Gasteiger charge is 2.21. The predicted octanol–water partition coefficient (Wildman–Crippen LogP) is 0.202. The number of carbonyl (C=O) groups excluding carboxylic acids is 1. The van der Waals surface area contributed by atoms with Gasteiger partial charge in [-0.1, -0.05) is 6.92 Å². The second kappa shape index (κ2) is 7.09. The number of nitrogens with one attached hydrogen (secondary N) is 1. The summed E-state index contributed by atoms with van der Waals surface area (Å²) in [6, 6.07) is 0. The van der Waals surface area contributed by atoms with Gasteiger partial charge in [0, 0.05) is 18.2 Å². The van der Waals surface area contributed by atoms with Crippen molar-refractivity contribution in [1.82, 2.24) is 5.32 Å². The summed E-state index contributed by atoms with van der Waals surface area (Å²) in [6.07, 6.45) is 2.60. The molecule has 2 atom stereocenters. The van der Waals surface area contributed by atoms with E-state index in [2.05, 4.69) is 5.32 Å². The van der Waals surface area contributed by atoms with Crippen molar-refractivity contribution in [3.8, 4) is 0 Å². The molecule has 0 saturated heterocycles. The first kappa shape index (κ1) is 14.7. The monoisotopic (exact) mass is 234 g/mol. The molecule has 0 saturated carbocycles. The van der Waals surface area contributed by atoms with E-state index in [1.165, 1.54) is 0 Å². The lowest BCUT2D eigenvalue weighted by Gasteiger charge is -2.23. The number of hydrogen-bond acceptors (Lipinski definition) is 4. The first-order valence-electron chi connectivity index (χ1n) is 5.12. The molecule has 15 heavy (non-hydrogen) atoms. The lowest BCUT2D eigenvalue weighted by Crippen LogP contribution is -2.44. The van der Waals surface area contributed by atoms with Crippen LogP contribution >= 0.6 is 11.8 Å². The molecule has 0 aromatic carbocycles. The molecule has 5 heteroatoms. The van der Waals surface area contributed by atoms with Crippen LogP contribution in [-0.4, -0.2) is 41.7 Å². The van der Waals surface area contributed by atoms with E-state index in [0.29, 0.717) is 25.3 Å². The highest BCUT2D eigenvalue weighted by Crippen LogP contribution is 2.09. The maximum atomic E-state index is 11.5. The van der Waals surface area contributed by atoms with Crippen molar-refractivity contribution in [3.63, 3.8) is 0 Å². The van der Waals surface area contributed by atoms with E-state index in [1.807, 2.05) is 13.2 Å². The standard InChI is InChI=1S/C10H22N2O2S/c1-8(4-5-11)9(13)12-6-10(2,14)7-15-3/h8,14H,4-7,11H2,1-3H3,(H,12,13). The Labute approximate surface area is 96.0 Å². The normalized spacial score (nSPS) is 16.9. The van der Waals surface area contributed by atoms with Crippen LogP contribution in [0.4, 0.5) is 0 Å². The molecular weight excluding hydrogens is 212 g/mol. The Morgan fingerprint density at radius 2 is 2.27 bits per heavy atom. The minimum absolute atomic E-state index is 0.0400. The van der Waals surface area contributed by atoms with Crippen molar-refractivity contribution >= 4 is 17.7 Å². The molecule has 1 amide bonds. The second-order valence-electron chi connectivity index (χ2n) is 4.13. The molecule has 0 heterocycles. The number of hydrogen-bond donors (Lipinski definition) is 3. The van der Waals surface area contributed by atoms with E-state index < -0.39 is 5.60 Å². The molecule has 0 aromatic rings. The molecule has 4 N–H and O–H groups in total. The van der Waals surface area contributed by atoms with Gasteiger partial charge in [-0.25, -0.2) is 0 Å². The smallest absolute Gasteiger partial charge is 0.222 e. The Kier molecular flexibility index (Phi) is 6.96. The summed E-state index contributed by atoms with van der Waals surface area (Å²) in [5.74, 6) is 0.486. The zero-order chi connectivity index (χ0) is 11.9. The first-order valence-corrected chi connectivity index (χ1v) is 6.51. The minimum atomic E-state index is -0.836. The van der Waals surface area contributed by atoms with Crippen LogP contribution < -0.4 is 11.1 Å². The third-order valence-electron chi connectivity index (χ3n) is 2.15. The van der Waals surface area contributed by atoms with Gasteiger partial charge < -0.3 is 16.2 Å². The maximum absolute atomic E-state index is 11.5. The zero-order valence-electron chi connectivity index (χ0n) is 9.75. The van der Waals surface area contributed by atoms with Crippen molar-refractivity contribution in [2.45, 2.75) is 25.9 Å². The molecular formula is C10H22N2O2S. The van der Waals surface area contributed by atoms with Gasteiger partial charge in [-0.2, -0.15) is 11.8 Å². The third-order valence-corrected chi connectivity index (χ3v) is 3.06. The van der Waals surface area contributed by atoms with Crippen molar-refractivity contribution in [2.24, 2.45) is 11.7 Å². The number of thioether (sulfide) groups is 1. The van der Waals surface area contributed by atoms with Gasteiger partial charge in [0.1, 0.15) is 0 Å². The molecule has 2 unspecified atom stereocenters. The number of nitrogens with two attached hydrogens (primary N) is 1. The van der Waals surface area contributed by atoms with E-state index in [-0.39, 0.29) is 11.8 Å². The van der Waals surface area contributed by atoms with Gasteiger partial charge in [0.25, 0.3) is 0 Å². The van der Waals surface area contributed by atoms with Crippen molar-refractivity contribution in [2.75, 3.05) is 25.1 Å². The fourth-order valence-corrected chi connectivity index (χ4v) is 1.92. The van der Waals surface area contributed by atoms with Crippen LogP contribution in [0, 0.1) is 5.92 Å². The summed E-state index contributed by atoms with van der Waals surface area (Å²) >= 11 is 1.56. The van der Waals surface area contributed by atoms with Gasteiger partial charge in [-0.15, -0.1) is 0 Å². The van der Waals surface area contributed by atoms with Crippen LogP contribution in [0.1, 0.15) is 20.3 Å². The van der Waals surface area contributed by atoms with Gasteiger partial charge in [-0.05, 0) is 26.1 Å². The largest absolute Gasteiger partial charge is 0.387 e. The quantitative estimate of drug-likeness (QED) is 0.588. The topological polar surface area (TPSA) is 75.3 Å². The molecule has 0 rings (SSSR count). The summed E-state index contributed by atoms with van der Waals surface area (Å²) in [5.41, 5.74) is 4.53. The Bertz CT molecular complexity index is 198. The van der Waals surface area contributed by atoms with Crippen LogP contribution in [0.2, 0.25) is 0 Å². The summed E-state index contributed by atoms with van der Waals surface area (Å²) in [5, 5.41) is 12.5. The number of aliphatic hydroxyl groups is 1. The van der Waals surface area contributed by atoms with Crippen molar-refractivity contribution < 1.29 is 9.90 Å². The van der Waals surface area contributed by atoms with Crippen LogP contribution in [0.15, 0.2) is 0 Å². The first-order chi connectivity index (χ1) is 6.93. The van der Waals surface area contributed by atoms with E-state index in [0.717, 1.165) is 0 Å². The van der Waals surface area contributed by atoms with Crippen LogP contribution in [0.5, 0.6) is 0 Å². The fourth-order valence-electron chi connectivity index (χ4n) is 1.19.